The van der Waals surface area contributed by atoms with Crippen molar-refractivity contribution in [2.45, 2.75) is 27.3 Å². The summed E-state index contributed by atoms with van der Waals surface area (Å²) in [5.41, 5.74) is 6.93. The molecule has 2 N–H and O–H groups in total. The van der Waals surface area contributed by atoms with Crippen molar-refractivity contribution < 1.29 is 9.53 Å². The van der Waals surface area contributed by atoms with Gasteiger partial charge < -0.3 is 0 Å². The summed E-state index contributed by atoms with van der Waals surface area (Å²) in [6.45, 7) is 1.44. The molecule has 1 fully saturated rings. The Labute approximate surface area is 139 Å². The molecule has 0 aromatic carbocycles. The van der Waals surface area contributed by atoms with Crippen LogP contribution in [0.4, 0.5) is 10.6 Å². The Morgan fingerprint density at radius 3 is 2.61 bits per heavy atom. The molecule has 6 nitrogen and oxygen atoms in total. The van der Waals surface area contributed by atoms with E-state index in [-0.39, 0.29) is 6.10 Å². The van der Waals surface area contributed by atoms with Gasteiger partial charge in [-0.1, -0.05) is 0 Å². The Balaban J connectivity index is 1.83. The van der Waals surface area contributed by atoms with Crippen LogP contribution >= 0.6 is 0 Å². The van der Waals surface area contributed by atoms with Crippen molar-refractivity contribution in [1.29, 1.82) is 0 Å². The van der Waals surface area contributed by atoms with E-state index >= 15 is 0 Å². The van der Waals surface area contributed by atoms with Gasteiger partial charge in [-0.25, -0.2) is 0 Å². The zero-order valence-electron chi connectivity index (χ0n) is 13.7. The van der Waals surface area contributed by atoms with Gasteiger partial charge in [-0.3, -0.25) is 0 Å². The number of nitrogens with two attached hydrogens (primary N) is 1. The molecule has 122 valence electrons. The number of primary amides is 1. The van der Waals surface area contributed by atoms with Crippen LogP contribution in [0.3, 0.4) is 0 Å². The van der Waals surface area contributed by atoms with Crippen LogP contribution in [-0.2, 0) is 4.74 Å². The molecule has 0 saturated carbocycles. The summed E-state index contributed by atoms with van der Waals surface area (Å²) in [5, 5.41) is 0. The SMILES string of the molecule is [CH3][Sn]([CH3])([CH3])[c]1ccc2nc(N3CCC(OC(N)=O)C3)ccc2n1. The van der Waals surface area contributed by atoms with Gasteiger partial charge in [-0.15, -0.1) is 0 Å². The van der Waals surface area contributed by atoms with Crippen LogP contribution in [0.15, 0.2) is 24.3 Å². The zero-order valence-corrected chi connectivity index (χ0v) is 16.6. The summed E-state index contributed by atoms with van der Waals surface area (Å²) in [6.07, 6.45) is -0.0905. The normalized spacial score (nSPS) is 18.4. The number of ether oxygens (including phenoxy) is 1. The Morgan fingerprint density at radius 2 is 1.91 bits per heavy atom. The van der Waals surface area contributed by atoms with E-state index in [1.165, 1.54) is 3.71 Å². The predicted molar refractivity (Wildman–Crippen MR) is 93.8 cm³/mol. The maximum atomic E-state index is 10.8. The molecular weight excluding hydrogens is 399 g/mol. The molecule has 3 rings (SSSR count). The Bertz CT molecular complexity index is 744. The second kappa shape index (κ2) is 6.14. The van der Waals surface area contributed by atoms with Crippen LogP contribution in [0.1, 0.15) is 6.42 Å². The first kappa shape index (κ1) is 16.3. The molecule has 1 unspecified atom stereocenters. The monoisotopic (exact) mass is 422 g/mol. The summed E-state index contributed by atoms with van der Waals surface area (Å²) in [6, 6.07) is 8.21. The Kier molecular flexibility index (Phi) is 4.35. The topological polar surface area (TPSA) is 81.3 Å². The van der Waals surface area contributed by atoms with Gasteiger partial charge in [0.15, 0.2) is 0 Å². The number of hydrogen-bond acceptors (Lipinski definition) is 5. The first-order valence-corrected chi connectivity index (χ1v) is 17.8. The number of hydrogen-bond donors (Lipinski definition) is 1. The second-order valence-corrected chi connectivity index (χ2v) is 21.3. The van der Waals surface area contributed by atoms with Crippen LogP contribution in [0.2, 0.25) is 14.8 Å². The van der Waals surface area contributed by atoms with Gasteiger partial charge in [0, 0.05) is 0 Å². The molecule has 1 amide bonds. The van der Waals surface area contributed by atoms with Crippen LogP contribution < -0.4 is 14.3 Å². The number of carbonyl (C=O) groups excluding carboxylic acids is 1. The number of pyridine rings is 2. The van der Waals surface area contributed by atoms with Crippen molar-refractivity contribution in [3.05, 3.63) is 24.3 Å². The van der Waals surface area contributed by atoms with Crippen molar-refractivity contribution >= 4 is 45.0 Å². The maximum absolute atomic E-state index is 10.8. The van der Waals surface area contributed by atoms with E-state index in [0.717, 1.165) is 29.8 Å². The Morgan fingerprint density at radius 1 is 1.22 bits per heavy atom. The second-order valence-electron chi connectivity index (χ2n) is 6.95. The molecule has 0 spiro atoms. The fraction of sp³-hybridized carbons (Fsp3) is 0.438. The number of nitrogens with zero attached hydrogens (tertiary/aromatic N) is 3. The minimum absolute atomic E-state index is 0.152. The summed E-state index contributed by atoms with van der Waals surface area (Å²) >= 11 is -2.16. The van der Waals surface area contributed by atoms with Gasteiger partial charge >= 0.3 is 140 Å². The van der Waals surface area contributed by atoms with Gasteiger partial charge in [-0.05, 0) is 0 Å². The molecule has 1 atom stereocenters. The number of amides is 1. The molecule has 23 heavy (non-hydrogen) atoms. The molecule has 1 saturated heterocycles. The summed E-state index contributed by atoms with van der Waals surface area (Å²) in [7, 11) is 0. The van der Waals surface area contributed by atoms with Gasteiger partial charge in [0.1, 0.15) is 0 Å². The average Bonchev–Trinajstić information content (AvgIpc) is 2.93. The van der Waals surface area contributed by atoms with E-state index in [0.29, 0.717) is 6.54 Å². The third-order valence-electron chi connectivity index (χ3n) is 4.05. The van der Waals surface area contributed by atoms with Crippen LogP contribution in [0, 0.1) is 0 Å². The third-order valence-corrected chi connectivity index (χ3v) is 9.23. The fourth-order valence-corrected chi connectivity index (χ4v) is 5.76. The van der Waals surface area contributed by atoms with Crippen LogP contribution in [0.5, 0.6) is 0 Å². The average molecular weight is 421 g/mol. The molecular formula is C16H22N4O2Sn. The van der Waals surface area contributed by atoms with Crippen LogP contribution in [-0.4, -0.2) is 53.6 Å². The molecule has 3 heterocycles. The molecule has 1 aliphatic heterocycles. The summed E-state index contributed by atoms with van der Waals surface area (Å²) < 4.78 is 6.33. The van der Waals surface area contributed by atoms with Crippen LogP contribution in [0.25, 0.3) is 11.0 Å². The predicted octanol–water partition coefficient (Wildman–Crippen LogP) is 1.85. The minimum atomic E-state index is -2.16. The molecule has 0 bridgehead atoms. The first-order chi connectivity index (χ1) is 10.8. The molecule has 7 heteroatoms. The van der Waals surface area contributed by atoms with E-state index in [1.54, 1.807) is 0 Å². The molecule has 2 aromatic rings. The van der Waals surface area contributed by atoms with Crippen molar-refractivity contribution in [1.82, 2.24) is 9.97 Å². The van der Waals surface area contributed by atoms with E-state index in [2.05, 4.69) is 31.9 Å². The van der Waals surface area contributed by atoms with Gasteiger partial charge in [0.05, 0.1) is 0 Å². The van der Waals surface area contributed by atoms with E-state index in [1.807, 2.05) is 12.1 Å². The number of aromatic nitrogens is 2. The van der Waals surface area contributed by atoms with Crippen molar-refractivity contribution in [2.75, 3.05) is 18.0 Å². The molecule has 0 radical (unpaired) electrons. The fourth-order valence-electron chi connectivity index (χ4n) is 2.79. The number of anilines is 1. The number of fused-ring (bicyclic) bond motifs is 1. The van der Waals surface area contributed by atoms with Gasteiger partial charge in [-0.2, -0.15) is 0 Å². The summed E-state index contributed by atoms with van der Waals surface area (Å²) in [5.74, 6) is 0.891. The first-order valence-electron chi connectivity index (χ1n) is 7.82. The number of rotatable bonds is 3. The van der Waals surface area contributed by atoms with E-state index in [4.69, 9.17) is 20.4 Å². The van der Waals surface area contributed by atoms with Gasteiger partial charge in [0.2, 0.25) is 0 Å². The molecule has 1 aliphatic rings. The van der Waals surface area contributed by atoms with E-state index < -0.39 is 24.5 Å². The third kappa shape index (κ3) is 3.68. The zero-order chi connectivity index (χ0) is 16.6. The number of carbonyl (C=O) groups is 1. The quantitative estimate of drug-likeness (QED) is 0.766. The van der Waals surface area contributed by atoms with E-state index in [9.17, 15) is 4.79 Å². The van der Waals surface area contributed by atoms with Gasteiger partial charge in [0.25, 0.3) is 0 Å². The standard InChI is InChI=1S/C13H13N4O2.3CH3.Sn/c14-13(18)19-9-5-7-17(8-9)12-4-3-10-11(16-12)2-1-6-15-10;;;;/h1-4,9H,5,7-8H2,(H2,14,18);3*1H3;. The molecule has 2 aromatic heterocycles. The molecule has 0 aliphatic carbocycles. The Hall–Kier alpha value is -1.57. The summed E-state index contributed by atoms with van der Waals surface area (Å²) in [4.78, 5) is 29.5. The van der Waals surface area contributed by atoms with Crippen molar-refractivity contribution in [3.63, 3.8) is 0 Å². The van der Waals surface area contributed by atoms with Crippen molar-refractivity contribution in [3.8, 4) is 0 Å². The van der Waals surface area contributed by atoms with Crippen molar-refractivity contribution in [2.24, 2.45) is 5.73 Å².